The average Bonchev–Trinajstić information content (AvgIpc) is 3.38. The second kappa shape index (κ2) is 9.14. The zero-order chi connectivity index (χ0) is 20.9. The van der Waals surface area contributed by atoms with E-state index in [9.17, 15) is 9.59 Å². The van der Waals surface area contributed by atoms with Crippen LogP contribution in [0.4, 0.5) is 15.6 Å². The summed E-state index contributed by atoms with van der Waals surface area (Å²) >= 11 is 2.64. The molecule has 0 aliphatic carbocycles. The first-order valence-electron chi connectivity index (χ1n) is 9.28. The highest BCUT2D eigenvalue weighted by Gasteiger charge is 2.30. The molecule has 1 atom stereocenters. The van der Waals surface area contributed by atoms with E-state index in [2.05, 4.69) is 20.8 Å². The Balaban J connectivity index is 1.33. The van der Waals surface area contributed by atoms with Crippen molar-refractivity contribution in [2.45, 2.75) is 16.5 Å². The topological polar surface area (TPSA) is 96.5 Å². The van der Waals surface area contributed by atoms with Gasteiger partial charge in [-0.05, 0) is 43.3 Å². The highest BCUT2D eigenvalue weighted by Crippen LogP contribution is 2.32. The number of anilines is 2. The Bertz CT molecular complexity index is 1030. The van der Waals surface area contributed by atoms with Crippen LogP contribution >= 0.6 is 23.1 Å². The molecule has 10 heteroatoms. The van der Waals surface area contributed by atoms with E-state index in [1.165, 1.54) is 28.0 Å². The fraction of sp³-hybridized carbons (Fsp3) is 0.200. The summed E-state index contributed by atoms with van der Waals surface area (Å²) in [6, 6.07) is 16.8. The van der Waals surface area contributed by atoms with Gasteiger partial charge >= 0.3 is 6.03 Å². The predicted octanol–water partition coefficient (Wildman–Crippen LogP) is 4.11. The van der Waals surface area contributed by atoms with Gasteiger partial charge in [0.2, 0.25) is 11.0 Å². The van der Waals surface area contributed by atoms with E-state index in [0.29, 0.717) is 22.6 Å². The molecule has 1 fully saturated rings. The average molecular weight is 442 g/mol. The summed E-state index contributed by atoms with van der Waals surface area (Å²) in [5.41, 5.74) is 0.848. The van der Waals surface area contributed by atoms with E-state index < -0.39 is 5.25 Å². The number of hydrogen-bond acceptors (Lipinski definition) is 8. The zero-order valence-electron chi connectivity index (χ0n) is 16.1. The Morgan fingerprint density at radius 2 is 1.90 bits per heavy atom. The van der Waals surface area contributed by atoms with Crippen LogP contribution in [0.2, 0.25) is 0 Å². The van der Waals surface area contributed by atoms with Crippen molar-refractivity contribution in [2.24, 2.45) is 0 Å². The number of carbonyl (C=O) groups excluding carboxylic acids is 2. The van der Waals surface area contributed by atoms with E-state index in [4.69, 9.17) is 4.74 Å². The van der Waals surface area contributed by atoms with Crippen LogP contribution in [0.25, 0.3) is 0 Å². The van der Waals surface area contributed by atoms with E-state index >= 15 is 0 Å². The molecule has 1 aliphatic heterocycles. The van der Waals surface area contributed by atoms with Gasteiger partial charge in [0.1, 0.15) is 11.5 Å². The highest BCUT2D eigenvalue weighted by atomic mass is 32.2. The lowest BCUT2D eigenvalue weighted by atomic mass is 10.3. The van der Waals surface area contributed by atoms with Gasteiger partial charge in [0.05, 0.1) is 5.25 Å². The van der Waals surface area contributed by atoms with Gasteiger partial charge in [0, 0.05) is 18.8 Å². The van der Waals surface area contributed by atoms with Crippen molar-refractivity contribution in [3.05, 3.63) is 54.6 Å². The van der Waals surface area contributed by atoms with Crippen molar-refractivity contribution in [2.75, 3.05) is 18.4 Å². The number of hydrogen-bond donors (Lipinski definition) is 2. The number of amides is 3. The fourth-order valence-electron chi connectivity index (χ4n) is 2.77. The van der Waals surface area contributed by atoms with Gasteiger partial charge < -0.3 is 15.4 Å². The predicted molar refractivity (Wildman–Crippen MR) is 117 cm³/mol. The third-order valence-electron chi connectivity index (χ3n) is 4.24. The van der Waals surface area contributed by atoms with E-state index in [0.717, 1.165) is 17.2 Å². The smallest absolute Gasteiger partial charge is 0.324 e. The van der Waals surface area contributed by atoms with Gasteiger partial charge in [-0.15, -0.1) is 10.2 Å². The van der Waals surface area contributed by atoms with Gasteiger partial charge in [-0.3, -0.25) is 9.69 Å². The molecule has 3 amide bonds. The summed E-state index contributed by atoms with van der Waals surface area (Å²) in [6.07, 6.45) is 0. The van der Waals surface area contributed by atoms with Crippen molar-refractivity contribution in [3.8, 4) is 11.5 Å². The molecule has 30 heavy (non-hydrogen) atoms. The first-order chi connectivity index (χ1) is 14.6. The largest absolute Gasteiger partial charge is 0.457 e. The molecule has 0 saturated carbocycles. The summed E-state index contributed by atoms with van der Waals surface area (Å²) < 4.78 is 6.44. The van der Waals surface area contributed by atoms with Crippen molar-refractivity contribution < 1.29 is 14.3 Å². The summed E-state index contributed by atoms with van der Waals surface area (Å²) in [7, 11) is 0. The number of para-hydroxylation sites is 1. The Morgan fingerprint density at radius 3 is 2.60 bits per heavy atom. The van der Waals surface area contributed by atoms with Crippen molar-refractivity contribution in [3.63, 3.8) is 0 Å². The standard InChI is InChI=1S/C20H19N5O3S2/c1-13(17(26)25-12-11-21-19(25)27)29-20-24-23-18(30-20)22-14-7-9-16(10-8-14)28-15-5-3-2-4-6-15/h2-10,13H,11-12H2,1H3,(H,21,27)(H,22,23). The molecule has 1 saturated heterocycles. The van der Waals surface area contributed by atoms with Gasteiger partial charge in [-0.2, -0.15) is 0 Å². The maximum Gasteiger partial charge on any atom is 0.324 e. The van der Waals surface area contributed by atoms with E-state index in [1.807, 2.05) is 54.6 Å². The van der Waals surface area contributed by atoms with Gasteiger partial charge in [0.25, 0.3) is 0 Å². The number of aromatic nitrogens is 2. The zero-order valence-corrected chi connectivity index (χ0v) is 17.7. The summed E-state index contributed by atoms with van der Waals surface area (Å²) in [6.45, 7) is 2.65. The first-order valence-corrected chi connectivity index (χ1v) is 11.0. The maximum atomic E-state index is 12.4. The minimum atomic E-state index is -0.427. The van der Waals surface area contributed by atoms with E-state index in [-0.39, 0.29) is 11.9 Å². The van der Waals surface area contributed by atoms with Crippen LogP contribution < -0.4 is 15.4 Å². The molecule has 0 radical (unpaired) electrons. The number of benzene rings is 2. The molecule has 2 N–H and O–H groups in total. The third-order valence-corrected chi connectivity index (χ3v) is 6.25. The Hall–Kier alpha value is -3.11. The lowest BCUT2D eigenvalue weighted by molar-refractivity contribution is -0.126. The molecular formula is C20H19N5O3S2. The van der Waals surface area contributed by atoms with Crippen LogP contribution in [-0.2, 0) is 4.79 Å². The van der Waals surface area contributed by atoms with Gasteiger partial charge in [0.15, 0.2) is 4.34 Å². The van der Waals surface area contributed by atoms with Crippen molar-refractivity contribution >= 4 is 45.9 Å². The molecule has 1 unspecified atom stereocenters. The third kappa shape index (κ3) is 4.89. The fourth-order valence-corrected chi connectivity index (χ4v) is 4.74. The van der Waals surface area contributed by atoms with Crippen LogP contribution in [0.5, 0.6) is 11.5 Å². The number of thioether (sulfide) groups is 1. The lowest BCUT2D eigenvalue weighted by Crippen LogP contribution is -2.38. The number of imide groups is 1. The quantitative estimate of drug-likeness (QED) is 0.533. The van der Waals surface area contributed by atoms with Crippen molar-refractivity contribution in [1.82, 2.24) is 20.4 Å². The summed E-state index contributed by atoms with van der Waals surface area (Å²) in [5, 5.41) is 14.3. The number of carbonyl (C=O) groups is 2. The van der Waals surface area contributed by atoms with Crippen LogP contribution in [-0.4, -0.2) is 45.4 Å². The molecule has 3 aromatic rings. The maximum absolute atomic E-state index is 12.4. The molecule has 1 aromatic heterocycles. The monoisotopic (exact) mass is 441 g/mol. The number of rotatable bonds is 7. The van der Waals surface area contributed by atoms with Crippen LogP contribution in [0.15, 0.2) is 58.9 Å². The normalized spacial score (nSPS) is 14.3. The molecule has 154 valence electrons. The van der Waals surface area contributed by atoms with Crippen LogP contribution in [0, 0.1) is 0 Å². The van der Waals surface area contributed by atoms with Crippen molar-refractivity contribution in [1.29, 1.82) is 0 Å². The SMILES string of the molecule is CC(Sc1nnc(Nc2ccc(Oc3ccccc3)cc2)s1)C(=O)N1CCNC1=O. The van der Waals surface area contributed by atoms with Gasteiger partial charge in [-0.25, -0.2) is 4.79 Å². The number of nitrogens with zero attached hydrogens (tertiary/aromatic N) is 3. The molecular weight excluding hydrogens is 422 g/mol. The molecule has 0 spiro atoms. The Kier molecular flexibility index (Phi) is 6.15. The van der Waals surface area contributed by atoms with E-state index in [1.54, 1.807) is 6.92 Å². The lowest BCUT2D eigenvalue weighted by Gasteiger charge is -2.16. The minimum absolute atomic E-state index is 0.228. The first kappa shape index (κ1) is 20.2. The number of ether oxygens (including phenoxy) is 1. The van der Waals surface area contributed by atoms with Crippen LogP contribution in [0.3, 0.4) is 0 Å². The Morgan fingerprint density at radius 1 is 1.17 bits per heavy atom. The molecule has 1 aliphatic rings. The summed E-state index contributed by atoms with van der Waals surface area (Å²) in [4.78, 5) is 25.3. The number of urea groups is 1. The van der Waals surface area contributed by atoms with Crippen LogP contribution in [0.1, 0.15) is 6.92 Å². The van der Waals surface area contributed by atoms with Gasteiger partial charge in [-0.1, -0.05) is 41.3 Å². The molecule has 8 nitrogen and oxygen atoms in total. The Labute approximate surface area is 181 Å². The number of nitrogens with one attached hydrogen (secondary N) is 2. The summed E-state index contributed by atoms with van der Waals surface area (Å²) in [5.74, 6) is 1.28. The molecule has 2 aromatic carbocycles. The highest BCUT2D eigenvalue weighted by molar-refractivity contribution is 8.02. The second-order valence-electron chi connectivity index (χ2n) is 6.42. The molecule has 4 rings (SSSR count). The molecule has 0 bridgehead atoms. The molecule has 2 heterocycles. The minimum Gasteiger partial charge on any atom is -0.457 e. The second-order valence-corrected chi connectivity index (χ2v) is 8.98.